The molecule has 0 spiro atoms. The van der Waals surface area contributed by atoms with Crippen LogP contribution in [-0.4, -0.2) is 47.2 Å². The first-order valence-electron chi connectivity index (χ1n) is 9.35. The standard InChI is InChI=1S/C21H21FN2O6/c1-3-28-16(29-4-2)11-30-21(27)17-18(25)15-9-13(10-23-19(15)24-20(17)26)12-5-7-14(22)8-6-12/h5-10,16H,3-4,11H2,1-2H3,(H2,23,24,25,26). The van der Waals surface area contributed by atoms with Crippen molar-refractivity contribution in [2.45, 2.75) is 20.1 Å². The molecule has 2 N–H and O–H groups in total. The van der Waals surface area contributed by atoms with Crippen molar-refractivity contribution < 1.29 is 28.5 Å². The van der Waals surface area contributed by atoms with E-state index in [1.807, 2.05) is 0 Å². The molecule has 3 aromatic rings. The third-order valence-electron chi connectivity index (χ3n) is 4.28. The van der Waals surface area contributed by atoms with Crippen molar-refractivity contribution in [1.29, 1.82) is 0 Å². The summed E-state index contributed by atoms with van der Waals surface area (Å²) in [6.45, 7) is 3.98. The van der Waals surface area contributed by atoms with Crippen molar-refractivity contribution in [3.8, 4) is 16.9 Å². The van der Waals surface area contributed by atoms with E-state index >= 15 is 0 Å². The molecule has 0 amide bonds. The van der Waals surface area contributed by atoms with Gasteiger partial charge < -0.3 is 24.3 Å². The molecule has 3 rings (SSSR count). The van der Waals surface area contributed by atoms with Crippen LogP contribution in [0.15, 0.2) is 41.3 Å². The highest BCUT2D eigenvalue weighted by atomic mass is 19.1. The van der Waals surface area contributed by atoms with Crippen LogP contribution in [0.2, 0.25) is 0 Å². The first kappa shape index (κ1) is 21.4. The molecule has 9 heteroatoms. The van der Waals surface area contributed by atoms with Crippen molar-refractivity contribution in [3.05, 3.63) is 58.3 Å². The van der Waals surface area contributed by atoms with Crippen molar-refractivity contribution in [2.24, 2.45) is 0 Å². The van der Waals surface area contributed by atoms with E-state index in [-0.39, 0.29) is 23.5 Å². The highest BCUT2D eigenvalue weighted by Crippen LogP contribution is 2.29. The zero-order valence-corrected chi connectivity index (χ0v) is 16.5. The summed E-state index contributed by atoms with van der Waals surface area (Å²) in [6, 6.07) is 7.24. The Morgan fingerprint density at radius 2 is 1.83 bits per heavy atom. The first-order chi connectivity index (χ1) is 14.4. The van der Waals surface area contributed by atoms with Gasteiger partial charge in [0.15, 0.2) is 11.9 Å². The number of rotatable bonds is 8. The van der Waals surface area contributed by atoms with Gasteiger partial charge in [-0.05, 0) is 37.6 Å². The van der Waals surface area contributed by atoms with Crippen LogP contribution < -0.4 is 5.56 Å². The highest BCUT2D eigenvalue weighted by Gasteiger charge is 2.23. The van der Waals surface area contributed by atoms with E-state index in [9.17, 15) is 19.1 Å². The summed E-state index contributed by atoms with van der Waals surface area (Å²) in [5, 5.41) is 10.8. The Morgan fingerprint density at radius 3 is 2.47 bits per heavy atom. The van der Waals surface area contributed by atoms with Gasteiger partial charge in [0.1, 0.15) is 23.8 Å². The molecule has 0 aliphatic rings. The summed E-state index contributed by atoms with van der Waals surface area (Å²) in [5.41, 5.74) is -0.0705. The number of carbonyl (C=O) groups is 1. The normalized spacial score (nSPS) is 11.2. The molecule has 0 bridgehead atoms. The van der Waals surface area contributed by atoms with E-state index in [2.05, 4.69) is 9.97 Å². The van der Waals surface area contributed by atoms with Gasteiger partial charge in [-0.2, -0.15) is 0 Å². The Balaban J connectivity index is 1.93. The molecule has 2 aromatic heterocycles. The summed E-state index contributed by atoms with van der Waals surface area (Å²) in [4.78, 5) is 31.4. The molecule has 8 nitrogen and oxygen atoms in total. The number of aromatic amines is 1. The highest BCUT2D eigenvalue weighted by molar-refractivity contribution is 5.99. The molecular formula is C21H21FN2O6. The van der Waals surface area contributed by atoms with Gasteiger partial charge in [0, 0.05) is 25.0 Å². The third-order valence-corrected chi connectivity index (χ3v) is 4.28. The van der Waals surface area contributed by atoms with Crippen LogP contribution in [0, 0.1) is 5.82 Å². The van der Waals surface area contributed by atoms with Crippen molar-refractivity contribution >= 4 is 17.0 Å². The van der Waals surface area contributed by atoms with E-state index in [1.165, 1.54) is 18.3 Å². The number of fused-ring (bicyclic) bond motifs is 1. The molecule has 30 heavy (non-hydrogen) atoms. The molecule has 1 aromatic carbocycles. The van der Waals surface area contributed by atoms with Crippen LogP contribution in [0.25, 0.3) is 22.2 Å². The minimum absolute atomic E-state index is 0.0985. The second-order valence-corrected chi connectivity index (χ2v) is 6.24. The van der Waals surface area contributed by atoms with Crippen molar-refractivity contribution in [1.82, 2.24) is 9.97 Å². The van der Waals surface area contributed by atoms with Gasteiger partial charge in [-0.1, -0.05) is 12.1 Å². The SMILES string of the molecule is CCOC(COC(=O)c1c(O)c2cc(-c3ccc(F)cc3)cnc2[nH]c1=O)OCC. The minimum Gasteiger partial charge on any atom is -0.506 e. The van der Waals surface area contributed by atoms with Crippen LogP contribution in [0.5, 0.6) is 5.75 Å². The number of nitrogens with zero attached hydrogens (tertiary/aromatic N) is 1. The van der Waals surface area contributed by atoms with Crippen LogP contribution >= 0.6 is 0 Å². The summed E-state index contributed by atoms with van der Waals surface area (Å²) in [5.74, 6) is -1.96. The molecule has 0 saturated carbocycles. The van der Waals surface area contributed by atoms with Crippen LogP contribution in [0.4, 0.5) is 4.39 Å². The first-order valence-corrected chi connectivity index (χ1v) is 9.35. The number of carbonyl (C=O) groups excluding carboxylic acids is 1. The monoisotopic (exact) mass is 416 g/mol. The predicted octanol–water partition coefficient (Wildman–Crippen LogP) is 2.99. The topological polar surface area (TPSA) is 111 Å². The second-order valence-electron chi connectivity index (χ2n) is 6.24. The molecule has 0 aliphatic heterocycles. The van der Waals surface area contributed by atoms with Gasteiger partial charge in [-0.25, -0.2) is 14.2 Å². The van der Waals surface area contributed by atoms with E-state index in [0.29, 0.717) is 24.3 Å². The number of aromatic nitrogens is 2. The summed E-state index contributed by atoms with van der Waals surface area (Å²) >= 11 is 0. The lowest BCUT2D eigenvalue weighted by molar-refractivity contribution is -0.158. The Labute approximate surface area is 171 Å². The Bertz CT molecular complexity index is 1090. The number of hydrogen-bond acceptors (Lipinski definition) is 7. The van der Waals surface area contributed by atoms with Gasteiger partial charge >= 0.3 is 5.97 Å². The maximum absolute atomic E-state index is 13.2. The van der Waals surface area contributed by atoms with Gasteiger partial charge in [-0.15, -0.1) is 0 Å². The second kappa shape index (κ2) is 9.47. The molecule has 0 atom stereocenters. The number of H-pyrrole nitrogens is 1. The van der Waals surface area contributed by atoms with Gasteiger partial charge in [0.25, 0.3) is 5.56 Å². The summed E-state index contributed by atoms with van der Waals surface area (Å²) < 4.78 is 28.8. The molecule has 2 heterocycles. The van der Waals surface area contributed by atoms with E-state index in [1.54, 1.807) is 32.0 Å². The largest absolute Gasteiger partial charge is 0.506 e. The fraction of sp³-hybridized carbons (Fsp3) is 0.286. The lowest BCUT2D eigenvalue weighted by Gasteiger charge is -2.16. The lowest BCUT2D eigenvalue weighted by Crippen LogP contribution is -2.27. The number of benzene rings is 1. The molecule has 0 aliphatic carbocycles. The quantitative estimate of drug-likeness (QED) is 0.429. The molecule has 0 unspecified atom stereocenters. The predicted molar refractivity (Wildman–Crippen MR) is 107 cm³/mol. The Kier molecular flexibility index (Phi) is 6.76. The lowest BCUT2D eigenvalue weighted by atomic mass is 10.1. The summed E-state index contributed by atoms with van der Waals surface area (Å²) in [6.07, 6.45) is 0.690. The van der Waals surface area contributed by atoms with E-state index in [4.69, 9.17) is 14.2 Å². The zero-order valence-electron chi connectivity index (χ0n) is 16.5. The fourth-order valence-corrected chi connectivity index (χ4v) is 2.88. The third kappa shape index (κ3) is 4.64. The number of aromatic hydroxyl groups is 1. The molecule has 0 radical (unpaired) electrons. The Hall–Kier alpha value is -3.30. The maximum Gasteiger partial charge on any atom is 0.347 e. The zero-order chi connectivity index (χ0) is 21.7. The van der Waals surface area contributed by atoms with E-state index < -0.39 is 29.1 Å². The molecule has 158 valence electrons. The number of nitrogens with one attached hydrogen (secondary N) is 1. The number of pyridine rings is 2. The van der Waals surface area contributed by atoms with Gasteiger partial charge in [0.2, 0.25) is 0 Å². The van der Waals surface area contributed by atoms with Crippen LogP contribution in [-0.2, 0) is 14.2 Å². The molecule has 0 fully saturated rings. The molecular weight excluding hydrogens is 395 g/mol. The Morgan fingerprint density at radius 1 is 1.17 bits per heavy atom. The van der Waals surface area contributed by atoms with Gasteiger partial charge in [-0.3, -0.25) is 4.79 Å². The van der Waals surface area contributed by atoms with Crippen LogP contribution in [0.1, 0.15) is 24.2 Å². The number of halogens is 1. The van der Waals surface area contributed by atoms with E-state index in [0.717, 1.165) is 0 Å². The maximum atomic E-state index is 13.2. The average Bonchev–Trinajstić information content (AvgIpc) is 2.73. The van der Waals surface area contributed by atoms with Crippen LogP contribution in [0.3, 0.4) is 0 Å². The smallest absolute Gasteiger partial charge is 0.347 e. The number of hydrogen-bond donors (Lipinski definition) is 2. The molecule has 0 saturated heterocycles. The van der Waals surface area contributed by atoms with Crippen molar-refractivity contribution in [3.63, 3.8) is 0 Å². The summed E-state index contributed by atoms with van der Waals surface area (Å²) in [7, 11) is 0. The fourth-order valence-electron chi connectivity index (χ4n) is 2.88. The number of ether oxygens (including phenoxy) is 3. The van der Waals surface area contributed by atoms with Gasteiger partial charge in [0.05, 0.1) is 5.39 Å². The average molecular weight is 416 g/mol. The number of esters is 1. The van der Waals surface area contributed by atoms with Crippen molar-refractivity contribution in [2.75, 3.05) is 19.8 Å². The minimum atomic E-state index is -1.02.